The van der Waals surface area contributed by atoms with Gasteiger partial charge in [-0.15, -0.1) is 0 Å². The van der Waals surface area contributed by atoms with Crippen molar-refractivity contribution in [1.29, 1.82) is 10.7 Å². The lowest BCUT2D eigenvalue weighted by Crippen LogP contribution is -2.37. The van der Waals surface area contributed by atoms with Crippen LogP contribution in [0, 0.1) is 22.7 Å². The summed E-state index contributed by atoms with van der Waals surface area (Å²) in [5, 5.41) is 20.2. The van der Waals surface area contributed by atoms with Crippen molar-refractivity contribution in [2.45, 2.75) is 44.4 Å². The molecule has 4 rings (SSSR count). The Morgan fingerprint density at radius 1 is 1.27 bits per heavy atom. The maximum absolute atomic E-state index is 13.0. The molecule has 1 saturated carbocycles. The van der Waals surface area contributed by atoms with Crippen LogP contribution in [0.5, 0.6) is 0 Å². The zero-order chi connectivity index (χ0) is 26.7. The van der Waals surface area contributed by atoms with E-state index in [1.165, 1.54) is 6.07 Å². The number of H-pyrrole nitrogens is 1. The Morgan fingerprint density at radius 2 is 1.97 bits per heavy atom. The van der Waals surface area contributed by atoms with Crippen LogP contribution in [0.25, 0.3) is 0 Å². The number of nitrogens with one attached hydrogen (secondary N) is 3. The fraction of sp³-hybridized carbons (Fsp3) is 0.375. The minimum atomic E-state index is -4.57. The Morgan fingerprint density at radius 3 is 2.51 bits per heavy atom. The van der Waals surface area contributed by atoms with Crippen molar-refractivity contribution in [3.8, 4) is 6.07 Å². The van der Waals surface area contributed by atoms with Crippen molar-refractivity contribution >= 4 is 17.5 Å². The van der Waals surface area contributed by atoms with Gasteiger partial charge in [-0.2, -0.15) is 23.4 Å². The first-order valence-corrected chi connectivity index (χ1v) is 11.5. The lowest BCUT2D eigenvalue weighted by molar-refractivity contribution is -0.141. The molecule has 2 unspecified atom stereocenters. The Labute approximate surface area is 210 Å². The highest BCUT2D eigenvalue weighted by Gasteiger charge is 2.35. The number of pyridine rings is 1. The van der Waals surface area contributed by atoms with E-state index >= 15 is 0 Å². The minimum absolute atomic E-state index is 0.0501. The molecule has 3 aromatic heterocycles. The predicted octanol–water partition coefficient (Wildman–Crippen LogP) is 4.02. The highest BCUT2D eigenvalue weighted by atomic mass is 19.4. The van der Waals surface area contributed by atoms with Gasteiger partial charge in [0.25, 0.3) is 5.56 Å². The summed E-state index contributed by atoms with van der Waals surface area (Å²) in [5.74, 6) is 0.934. The average Bonchev–Trinajstić information content (AvgIpc) is 2.85. The molecule has 0 radical (unpaired) electrons. The lowest BCUT2D eigenvalue weighted by Gasteiger charge is -2.38. The minimum Gasteiger partial charge on any atom is -0.363 e. The van der Waals surface area contributed by atoms with Crippen molar-refractivity contribution in [3.05, 3.63) is 69.8 Å². The molecule has 13 heteroatoms. The molecule has 1 aliphatic rings. The van der Waals surface area contributed by atoms with Crippen molar-refractivity contribution in [2.75, 3.05) is 17.3 Å². The fourth-order valence-electron chi connectivity index (χ4n) is 4.19. The first-order chi connectivity index (χ1) is 17.6. The molecule has 3 aromatic rings. The van der Waals surface area contributed by atoms with Gasteiger partial charge in [0.2, 0.25) is 5.95 Å². The van der Waals surface area contributed by atoms with Gasteiger partial charge in [0.05, 0.1) is 12.1 Å². The van der Waals surface area contributed by atoms with Crippen LogP contribution in [0.1, 0.15) is 60.9 Å². The standard InChI is InChI=1S/C24H24F3N9O/c1-13(15-7-8-17(32-12-15)24(25,26)27)33-20-18(16(29)11-28)22(37)35-23(34-20)36(2)19(14-5-3-6-14)21-30-9-4-10-31-21/h4,7-10,12-14,19,29H,3,5-6H2,1-2H3,(H2,33,34,35,37). The fourth-order valence-corrected chi connectivity index (χ4v) is 4.19. The number of aromatic nitrogens is 5. The van der Waals surface area contributed by atoms with Gasteiger partial charge in [-0.1, -0.05) is 12.5 Å². The smallest absolute Gasteiger partial charge is 0.363 e. The molecule has 0 spiro atoms. The molecule has 1 fully saturated rings. The molecule has 0 bridgehead atoms. The molecule has 0 saturated heterocycles. The number of alkyl halides is 3. The largest absolute Gasteiger partial charge is 0.433 e. The van der Waals surface area contributed by atoms with E-state index in [1.54, 1.807) is 43.4 Å². The molecule has 10 nitrogen and oxygen atoms in total. The lowest BCUT2D eigenvalue weighted by atomic mass is 9.79. The summed E-state index contributed by atoms with van der Waals surface area (Å²) in [7, 11) is 1.75. The van der Waals surface area contributed by atoms with Crippen LogP contribution in [0.4, 0.5) is 24.9 Å². The summed E-state index contributed by atoms with van der Waals surface area (Å²) in [6.07, 6.45) is 2.77. The number of nitriles is 1. The first kappa shape index (κ1) is 25.7. The van der Waals surface area contributed by atoms with Gasteiger partial charge < -0.3 is 10.2 Å². The monoisotopic (exact) mass is 511 g/mol. The Hall–Kier alpha value is -4.34. The van der Waals surface area contributed by atoms with Crippen LogP contribution in [0.3, 0.4) is 0 Å². The van der Waals surface area contributed by atoms with E-state index in [1.807, 2.05) is 0 Å². The van der Waals surface area contributed by atoms with E-state index in [0.717, 1.165) is 31.5 Å². The van der Waals surface area contributed by atoms with Crippen molar-refractivity contribution in [1.82, 2.24) is 24.9 Å². The van der Waals surface area contributed by atoms with Crippen LogP contribution in [-0.2, 0) is 6.18 Å². The topological polar surface area (TPSA) is 147 Å². The molecule has 2 atom stereocenters. The van der Waals surface area contributed by atoms with Gasteiger partial charge in [0.15, 0.2) is 5.82 Å². The van der Waals surface area contributed by atoms with Crippen molar-refractivity contribution < 1.29 is 13.2 Å². The molecule has 37 heavy (non-hydrogen) atoms. The summed E-state index contributed by atoms with van der Waals surface area (Å²) in [6.45, 7) is 1.64. The third kappa shape index (κ3) is 5.42. The molecule has 192 valence electrons. The van der Waals surface area contributed by atoms with E-state index in [4.69, 9.17) is 5.41 Å². The van der Waals surface area contributed by atoms with Crippen molar-refractivity contribution in [2.24, 2.45) is 5.92 Å². The Kier molecular flexibility index (Phi) is 7.19. The third-order valence-corrected chi connectivity index (χ3v) is 6.40. The first-order valence-electron chi connectivity index (χ1n) is 11.5. The van der Waals surface area contributed by atoms with E-state index < -0.39 is 29.2 Å². The van der Waals surface area contributed by atoms with Gasteiger partial charge in [-0.25, -0.2) is 9.97 Å². The summed E-state index contributed by atoms with van der Waals surface area (Å²) in [5.41, 5.74) is -2.22. The van der Waals surface area contributed by atoms with Gasteiger partial charge in [0.1, 0.15) is 28.9 Å². The molecule has 0 aliphatic heterocycles. The van der Waals surface area contributed by atoms with E-state index in [-0.39, 0.29) is 29.3 Å². The predicted molar refractivity (Wildman–Crippen MR) is 129 cm³/mol. The second kappa shape index (κ2) is 10.3. The molecule has 3 heterocycles. The maximum Gasteiger partial charge on any atom is 0.433 e. The summed E-state index contributed by atoms with van der Waals surface area (Å²) < 4.78 is 38.7. The van der Waals surface area contributed by atoms with Crippen LogP contribution in [0.15, 0.2) is 41.6 Å². The van der Waals surface area contributed by atoms with Gasteiger partial charge in [0, 0.05) is 25.6 Å². The van der Waals surface area contributed by atoms with Gasteiger partial charge in [-0.3, -0.25) is 20.2 Å². The van der Waals surface area contributed by atoms with E-state index in [9.17, 15) is 23.2 Å². The Bertz CT molecular complexity index is 1360. The molecule has 3 N–H and O–H groups in total. The third-order valence-electron chi connectivity index (χ3n) is 6.40. The number of aromatic amines is 1. The number of nitrogens with zero attached hydrogens (tertiary/aromatic N) is 6. The highest BCUT2D eigenvalue weighted by molar-refractivity contribution is 6.12. The quantitative estimate of drug-likeness (QED) is 0.384. The highest BCUT2D eigenvalue weighted by Crippen LogP contribution is 2.40. The van der Waals surface area contributed by atoms with Crippen LogP contribution < -0.4 is 15.8 Å². The number of hydrogen-bond acceptors (Lipinski definition) is 9. The molecular weight excluding hydrogens is 487 g/mol. The van der Waals surface area contributed by atoms with E-state index in [0.29, 0.717) is 11.4 Å². The number of anilines is 2. The van der Waals surface area contributed by atoms with Gasteiger partial charge >= 0.3 is 6.18 Å². The second-order valence-corrected chi connectivity index (χ2v) is 8.79. The van der Waals surface area contributed by atoms with Crippen LogP contribution >= 0.6 is 0 Å². The second-order valence-electron chi connectivity index (χ2n) is 8.79. The summed E-state index contributed by atoms with van der Waals surface area (Å²) in [4.78, 5) is 34.2. The molecule has 0 amide bonds. The summed E-state index contributed by atoms with van der Waals surface area (Å²) in [6, 6.07) is 4.56. The molecule has 0 aromatic carbocycles. The normalized spacial score (nSPS) is 15.2. The Balaban J connectivity index is 1.71. The zero-order valence-corrected chi connectivity index (χ0v) is 20.0. The van der Waals surface area contributed by atoms with Crippen LogP contribution in [0.2, 0.25) is 0 Å². The molecule has 1 aliphatic carbocycles. The van der Waals surface area contributed by atoms with Gasteiger partial charge in [-0.05, 0) is 43.4 Å². The SMILES string of the molecule is CC(Nc1nc(N(C)C(c2ncccn2)C2CCC2)[nH]c(=O)c1C(=N)C#N)c1ccc(C(F)(F)F)nc1. The number of rotatable bonds is 8. The van der Waals surface area contributed by atoms with Crippen LogP contribution in [-0.4, -0.2) is 37.7 Å². The zero-order valence-electron chi connectivity index (χ0n) is 20.0. The van der Waals surface area contributed by atoms with E-state index in [2.05, 4.69) is 30.2 Å². The maximum atomic E-state index is 13.0. The number of hydrogen-bond donors (Lipinski definition) is 3. The molecular formula is C24H24F3N9O. The number of halogens is 3. The average molecular weight is 512 g/mol. The summed E-state index contributed by atoms with van der Waals surface area (Å²) >= 11 is 0. The van der Waals surface area contributed by atoms with Crippen molar-refractivity contribution in [3.63, 3.8) is 0 Å².